The molecule has 2 heterocycles. The van der Waals surface area contributed by atoms with Crippen molar-refractivity contribution in [3.05, 3.63) is 88.5 Å². The Labute approximate surface area is 184 Å². The molecule has 1 N–H and O–H groups in total. The van der Waals surface area contributed by atoms with Gasteiger partial charge in [0.25, 0.3) is 16.9 Å². The summed E-state index contributed by atoms with van der Waals surface area (Å²) in [5.41, 5.74) is -1.68. The van der Waals surface area contributed by atoms with Crippen LogP contribution in [-0.2, 0) is 11.3 Å². The van der Waals surface area contributed by atoms with Crippen LogP contribution in [0, 0.1) is 31.6 Å². The second-order valence-corrected chi connectivity index (χ2v) is 6.74. The van der Waals surface area contributed by atoms with E-state index in [1.165, 1.54) is 37.5 Å². The van der Waals surface area contributed by atoms with E-state index in [0.29, 0.717) is 11.3 Å². The molecule has 0 fully saturated rings. The van der Waals surface area contributed by atoms with E-state index in [-0.39, 0.29) is 34.3 Å². The van der Waals surface area contributed by atoms with Crippen LogP contribution in [0.5, 0.6) is 0 Å². The molecule has 0 saturated heterocycles. The largest absolute Gasteiger partial charge is 0.457 e. The molecule has 0 unspecified atom stereocenters. The molecule has 3 aromatic rings. The molecule has 0 amide bonds. The molecule has 1 aromatic carbocycles. The number of nitrogens with zero attached hydrogens (tertiary/aromatic N) is 3. The summed E-state index contributed by atoms with van der Waals surface area (Å²) in [6.07, 6.45) is 2.66. The number of H-pyrrole nitrogens is 1. The first-order chi connectivity index (χ1) is 15.3. The van der Waals surface area contributed by atoms with Crippen LogP contribution in [0.4, 0.5) is 11.4 Å². The van der Waals surface area contributed by atoms with Gasteiger partial charge in [0.1, 0.15) is 33.9 Å². The maximum Gasteiger partial charge on any atom is 0.299 e. The van der Waals surface area contributed by atoms with Gasteiger partial charge in [0.2, 0.25) is 0 Å². The number of benzene rings is 1. The number of pyridine rings is 1. The van der Waals surface area contributed by atoms with Crippen molar-refractivity contribution in [2.75, 3.05) is 7.11 Å². The molecule has 0 atom stereocenters. The van der Waals surface area contributed by atoms with Crippen LogP contribution in [0.2, 0.25) is 5.02 Å². The summed E-state index contributed by atoms with van der Waals surface area (Å²) in [6.45, 7) is -0.296. The minimum atomic E-state index is -0.787. The Morgan fingerprint density at radius 3 is 2.56 bits per heavy atom. The maximum atomic E-state index is 12.2. The van der Waals surface area contributed by atoms with E-state index in [2.05, 4.69) is 4.98 Å². The van der Waals surface area contributed by atoms with E-state index in [1.54, 1.807) is 18.2 Å². The van der Waals surface area contributed by atoms with Crippen LogP contribution < -0.4 is 5.56 Å². The number of rotatable bonds is 7. The van der Waals surface area contributed by atoms with Crippen LogP contribution in [0.25, 0.3) is 23.5 Å². The highest BCUT2D eigenvalue weighted by atomic mass is 35.5. The smallest absolute Gasteiger partial charge is 0.299 e. The predicted molar refractivity (Wildman–Crippen MR) is 114 cm³/mol. The first-order valence-corrected chi connectivity index (χ1v) is 9.19. The number of aromatic amines is 1. The molecule has 0 saturated carbocycles. The van der Waals surface area contributed by atoms with Crippen molar-refractivity contribution in [2.45, 2.75) is 6.61 Å². The van der Waals surface area contributed by atoms with Crippen molar-refractivity contribution >= 4 is 35.1 Å². The average molecular weight is 457 g/mol. The van der Waals surface area contributed by atoms with Gasteiger partial charge in [-0.05, 0) is 36.4 Å². The molecule has 3 rings (SSSR count). The summed E-state index contributed by atoms with van der Waals surface area (Å²) >= 11 is 5.92. The number of hydrogen-bond acceptors (Lipinski definition) is 8. The number of furan rings is 1. The zero-order chi connectivity index (χ0) is 23.4. The number of nitro benzene ring substituents is 1. The predicted octanol–water partition coefficient (Wildman–Crippen LogP) is 4.29. The van der Waals surface area contributed by atoms with Crippen LogP contribution in [0.1, 0.15) is 22.6 Å². The van der Waals surface area contributed by atoms with Crippen molar-refractivity contribution in [1.82, 2.24) is 4.98 Å². The highest BCUT2D eigenvalue weighted by molar-refractivity contribution is 6.32. The van der Waals surface area contributed by atoms with Gasteiger partial charge >= 0.3 is 0 Å². The number of methoxy groups -OCH3 is 1. The molecule has 0 aliphatic heterocycles. The second kappa shape index (κ2) is 9.25. The van der Waals surface area contributed by atoms with Crippen molar-refractivity contribution < 1.29 is 19.0 Å². The van der Waals surface area contributed by atoms with E-state index < -0.39 is 26.7 Å². The minimum absolute atomic E-state index is 0.0579. The van der Waals surface area contributed by atoms with Gasteiger partial charge < -0.3 is 14.1 Å². The Morgan fingerprint density at radius 2 is 1.97 bits per heavy atom. The van der Waals surface area contributed by atoms with Gasteiger partial charge in [-0.2, -0.15) is 5.26 Å². The van der Waals surface area contributed by atoms with Gasteiger partial charge in [-0.15, -0.1) is 0 Å². The van der Waals surface area contributed by atoms with Crippen LogP contribution in [-0.4, -0.2) is 21.9 Å². The van der Waals surface area contributed by atoms with Gasteiger partial charge in [-0.1, -0.05) is 11.6 Å². The molecular weight excluding hydrogens is 444 g/mol. The number of nitrogens with one attached hydrogen (secondary N) is 1. The van der Waals surface area contributed by atoms with Gasteiger partial charge in [0, 0.05) is 18.7 Å². The first-order valence-electron chi connectivity index (χ1n) is 8.81. The summed E-state index contributed by atoms with van der Waals surface area (Å²) in [5.74, 6) is 0.631. The summed E-state index contributed by atoms with van der Waals surface area (Å²) in [6, 6.07) is 8.90. The van der Waals surface area contributed by atoms with E-state index >= 15 is 0 Å². The SMILES string of the molecule is COCc1c([N+](=O)[O-])c(C=Cc2ccc(-c3ccc([N+](=O)[O-])c(Cl)c3)o2)[nH]c(=O)c1C#N. The van der Waals surface area contributed by atoms with Crippen molar-refractivity contribution in [3.8, 4) is 17.4 Å². The molecular formula is C20H13ClN4O7. The summed E-state index contributed by atoms with van der Waals surface area (Å²) in [4.78, 5) is 35.7. The van der Waals surface area contributed by atoms with Gasteiger partial charge in [0.15, 0.2) is 0 Å². The molecule has 162 valence electrons. The fraction of sp³-hybridized carbons (Fsp3) is 0.100. The fourth-order valence-corrected chi connectivity index (χ4v) is 3.22. The monoisotopic (exact) mass is 456 g/mol. The van der Waals surface area contributed by atoms with Crippen molar-refractivity contribution in [2.24, 2.45) is 0 Å². The zero-order valence-corrected chi connectivity index (χ0v) is 17.1. The maximum absolute atomic E-state index is 12.2. The summed E-state index contributed by atoms with van der Waals surface area (Å²) in [7, 11) is 1.29. The summed E-state index contributed by atoms with van der Waals surface area (Å²) in [5, 5.41) is 31.6. The van der Waals surface area contributed by atoms with E-state index in [0.717, 1.165) is 0 Å². The highest BCUT2D eigenvalue weighted by Crippen LogP contribution is 2.32. The fourth-order valence-electron chi connectivity index (χ4n) is 2.97. The Kier molecular flexibility index (Phi) is 6.48. The number of nitro groups is 2. The average Bonchev–Trinajstić information content (AvgIpc) is 3.21. The van der Waals surface area contributed by atoms with Gasteiger partial charge in [-0.25, -0.2) is 0 Å². The Bertz CT molecular complexity index is 1350. The molecule has 11 nitrogen and oxygen atoms in total. The lowest BCUT2D eigenvalue weighted by molar-refractivity contribution is -0.386. The van der Waals surface area contributed by atoms with Crippen molar-refractivity contribution in [3.63, 3.8) is 0 Å². The molecule has 0 aliphatic rings. The third-order valence-electron chi connectivity index (χ3n) is 4.37. The molecule has 0 spiro atoms. The number of hydrogen-bond donors (Lipinski definition) is 1. The number of ether oxygens (including phenoxy) is 1. The highest BCUT2D eigenvalue weighted by Gasteiger charge is 2.25. The number of halogens is 1. The Morgan fingerprint density at radius 1 is 1.22 bits per heavy atom. The molecule has 2 aromatic heterocycles. The normalized spacial score (nSPS) is 10.9. The van der Waals surface area contributed by atoms with Crippen LogP contribution in [0.15, 0.2) is 39.5 Å². The third kappa shape index (κ3) is 4.41. The zero-order valence-electron chi connectivity index (χ0n) is 16.3. The Balaban J connectivity index is 1.99. The molecule has 0 radical (unpaired) electrons. The van der Waals surface area contributed by atoms with E-state index in [4.69, 9.17) is 20.8 Å². The third-order valence-corrected chi connectivity index (χ3v) is 4.67. The molecule has 12 heteroatoms. The number of aromatic nitrogens is 1. The quantitative estimate of drug-likeness (QED) is 0.405. The lowest BCUT2D eigenvalue weighted by Gasteiger charge is -2.06. The topological polar surface area (TPSA) is 165 Å². The molecule has 32 heavy (non-hydrogen) atoms. The van der Waals surface area contributed by atoms with Crippen molar-refractivity contribution in [1.29, 1.82) is 5.26 Å². The lowest BCUT2D eigenvalue weighted by Crippen LogP contribution is -2.18. The molecule has 0 bridgehead atoms. The van der Waals surface area contributed by atoms with Gasteiger partial charge in [-0.3, -0.25) is 25.0 Å². The molecule has 0 aliphatic carbocycles. The van der Waals surface area contributed by atoms with Crippen LogP contribution >= 0.6 is 11.6 Å². The lowest BCUT2D eigenvalue weighted by atomic mass is 10.1. The number of nitriles is 1. The Hall–Kier alpha value is -4.27. The minimum Gasteiger partial charge on any atom is -0.457 e. The first kappa shape index (κ1) is 22.4. The van der Waals surface area contributed by atoms with Crippen LogP contribution in [0.3, 0.4) is 0 Å². The second-order valence-electron chi connectivity index (χ2n) is 6.33. The van der Waals surface area contributed by atoms with E-state index in [1.807, 2.05) is 0 Å². The van der Waals surface area contributed by atoms with Gasteiger partial charge in [0.05, 0.1) is 22.0 Å². The van der Waals surface area contributed by atoms with E-state index in [9.17, 15) is 30.3 Å². The standard InChI is InChI=1S/C20H13ClN4O7/c1-31-10-14-13(9-22)20(26)23-16(19(14)25(29)30)5-3-12-4-7-18(32-12)11-2-6-17(24(27)28)15(21)8-11/h2-8H,10H2,1H3,(H,23,26). The summed E-state index contributed by atoms with van der Waals surface area (Å²) < 4.78 is 10.6.